The fourth-order valence-corrected chi connectivity index (χ4v) is 3.65. The first-order chi connectivity index (χ1) is 10.7. The minimum atomic E-state index is 0.185. The molecule has 1 saturated heterocycles. The van der Waals surface area contributed by atoms with E-state index in [4.69, 9.17) is 9.47 Å². The summed E-state index contributed by atoms with van der Waals surface area (Å²) in [7, 11) is 3.32. The van der Waals surface area contributed by atoms with Gasteiger partial charge in [-0.25, -0.2) is 0 Å². The second-order valence-electron chi connectivity index (χ2n) is 6.19. The topological polar surface area (TPSA) is 54.0 Å². The molecule has 2 aliphatic rings. The Morgan fingerprint density at radius 2 is 1.73 bits per heavy atom. The number of phenols is 1. The summed E-state index contributed by atoms with van der Waals surface area (Å²) in [5.41, 5.74) is 1.09. The zero-order chi connectivity index (χ0) is 15.5. The third kappa shape index (κ3) is 2.88. The van der Waals surface area contributed by atoms with Gasteiger partial charge in [-0.3, -0.25) is 4.90 Å². The molecule has 5 nitrogen and oxygen atoms in total. The normalized spacial score (nSPS) is 21.2. The van der Waals surface area contributed by atoms with E-state index < -0.39 is 0 Å². The smallest absolute Gasteiger partial charge is 0.131 e. The van der Waals surface area contributed by atoms with Gasteiger partial charge in [0.05, 0.1) is 19.8 Å². The molecule has 2 fully saturated rings. The van der Waals surface area contributed by atoms with Crippen molar-refractivity contribution < 1.29 is 14.6 Å². The van der Waals surface area contributed by atoms with E-state index in [0.29, 0.717) is 12.0 Å². The van der Waals surface area contributed by atoms with Crippen LogP contribution in [0.5, 0.6) is 17.2 Å². The van der Waals surface area contributed by atoms with Gasteiger partial charge < -0.3 is 19.9 Å². The molecule has 5 heteroatoms. The van der Waals surface area contributed by atoms with Gasteiger partial charge in [-0.05, 0) is 18.8 Å². The molecule has 3 rings (SSSR count). The number of nitrogens with zero attached hydrogens (tertiary/aromatic N) is 1. The molecular weight excluding hydrogens is 280 g/mol. The Bertz CT molecular complexity index is 486. The van der Waals surface area contributed by atoms with E-state index in [0.717, 1.165) is 43.2 Å². The van der Waals surface area contributed by atoms with Crippen LogP contribution >= 0.6 is 0 Å². The zero-order valence-corrected chi connectivity index (χ0v) is 13.5. The van der Waals surface area contributed by atoms with E-state index in [1.807, 2.05) is 0 Å². The summed E-state index contributed by atoms with van der Waals surface area (Å²) in [6, 6.07) is 3.71. The standard InChI is InChI=1S/C17H26N2O3/c1-21-14-10-13(20)11-15(22-2)16(14)17(12-4-3-5-12)19-8-6-18-7-9-19/h10-12,17-18,20H,3-9H2,1-2H3/t17-/m0/s1. The molecule has 1 saturated carbocycles. The Hall–Kier alpha value is -1.46. The number of phenolic OH excluding ortho intramolecular Hbond substituents is 1. The SMILES string of the molecule is COc1cc(O)cc(OC)c1[C@H](C1CCC1)N1CCNCC1. The maximum absolute atomic E-state index is 9.90. The van der Waals surface area contributed by atoms with Crippen LogP contribution < -0.4 is 14.8 Å². The third-order valence-corrected chi connectivity index (χ3v) is 4.97. The van der Waals surface area contributed by atoms with E-state index in [-0.39, 0.29) is 5.75 Å². The van der Waals surface area contributed by atoms with Crippen molar-refractivity contribution in [3.63, 3.8) is 0 Å². The van der Waals surface area contributed by atoms with Crippen molar-refractivity contribution >= 4 is 0 Å². The Kier molecular flexibility index (Phi) is 4.74. The molecule has 0 aromatic heterocycles. The van der Waals surface area contributed by atoms with Crippen LogP contribution in [0, 0.1) is 5.92 Å². The van der Waals surface area contributed by atoms with Gasteiger partial charge in [-0.15, -0.1) is 0 Å². The molecule has 0 radical (unpaired) electrons. The Balaban J connectivity index is 2.02. The highest BCUT2D eigenvalue weighted by atomic mass is 16.5. The highest BCUT2D eigenvalue weighted by molar-refractivity contribution is 5.52. The lowest BCUT2D eigenvalue weighted by Gasteiger charge is -2.44. The van der Waals surface area contributed by atoms with Crippen LogP contribution in [-0.4, -0.2) is 50.4 Å². The molecule has 1 atom stereocenters. The highest BCUT2D eigenvalue weighted by Crippen LogP contribution is 2.48. The molecule has 1 aliphatic heterocycles. The van der Waals surface area contributed by atoms with E-state index in [1.54, 1.807) is 26.4 Å². The van der Waals surface area contributed by atoms with Crippen molar-refractivity contribution in [1.82, 2.24) is 10.2 Å². The number of benzene rings is 1. The maximum atomic E-state index is 9.90. The molecule has 0 spiro atoms. The first kappa shape index (κ1) is 15.4. The minimum absolute atomic E-state index is 0.185. The number of nitrogens with one attached hydrogen (secondary N) is 1. The average Bonchev–Trinajstić information content (AvgIpc) is 2.51. The van der Waals surface area contributed by atoms with Gasteiger partial charge in [0.1, 0.15) is 17.2 Å². The summed E-state index contributed by atoms with van der Waals surface area (Å²) in [5.74, 6) is 2.29. The number of hydrogen-bond donors (Lipinski definition) is 2. The summed E-state index contributed by atoms with van der Waals surface area (Å²) in [5, 5.41) is 13.3. The minimum Gasteiger partial charge on any atom is -0.508 e. The van der Waals surface area contributed by atoms with E-state index in [9.17, 15) is 5.11 Å². The van der Waals surface area contributed by atoms with Crippen molar-refractivity contribution in [1.29, 1.82) is 0 Å². The molecule has 0 amide bonds. The quantitative estimate of drug-likeness (QED) is 0.873. The monoisotopic (exact) mass is 306 g/mol. The van der Waals surface area contributed by atoms with Crippen molar-refractivity contribution in [2.75, 3.05) is 40.4 Å². The van der Waals surface area contributed by atoms with Crippen LogP contribution in [0.4, 0.5) is 0 Å². The molecule has 122 valence electrons. The lowest BCUT2D eigenvalue weighted by Crippen LogP contribution is -2.48. The molecule has 0 unspecified atom stereocenters. The van der Waals surface area contributed by atoms with Gasteiger partial charge in [-0.2, -0.15) is 0 Å². The van der Waals surface area contributed by atoms with Gasteiger partial charge in [0.25, 0.3) is 0 Å². The van der Waals surface area contributed by atoms with Crippen molar-refractivity contribution in [3.8, 4) is 17.2 Å². The summed E-state index contributed by atoms with van der Waals surface area (Å²) >= 11 is 0. The number of rotatable bonds is 5. The molecule has 1 heterocycles. The molecule has 2 N–H and O–H groups in total. The number of hydrogen-bond acceptors (Lipinski definition) is 5. The number of piperazine rings is 1. The van der Waals surface area contributed by atoms with Crippen LogP contribution in [0.2, 0.25) is 0 Å². The first-order valence-electron chi connectivity index (χ1n) is 8.14. The number of ether oxygens (including phenoxy) is 2. The van der Waals surface area contributed by atoms with Crippen molar-refractivity contribution in [2.45, 2.75) is 25.3 Å². The fourth-order valence-electron chi connectivity index (χ4n) is 3.65. The van der Waals surface area contributed by atoms with Gasteiger partial charge >= 0.3 is 0 Å². The zero-order valence-electron chi connectivity index (χ0n) is 13.5. The Morgan fingerprint density at radius 3 is 2.18 bits per heavy atom. The van der Waals surface area contributed by atoms with Gasteiger partial charge in [-0.1, -0.05) is 6.42 Å². The summed E-state index contributed by atoms with van der Waals surface area (Å²) in [6.45, 7) is 4.11. The lowest BCUT2D eigenvalue weighted by molar-refractivity contribution is 0.0798. The van der Waals surface area contributed by atoms with Crippen molar-refractivity contribution in [2.24, 2.45) is 5.92 Å². The summed E-state index contributed by atoms with van der Waals surface area (Å²) in [4.78, 5) is 2.54. The Labute approximate surface area is 132 Å². The van der Waals surface area contributed by atoms with Crippen LogP contribution in [-0.2, 0) is 0 Å². The predicted molar refractivity (Wildman–Crippen MR) is 85.7 cm³/mol. The Morgan fingerprint density at radius 1 is 1.14 bits per heavy atom. The largest absolute Gasteiger partial charge is 0.508 e. The van der Waals surface area contributed by atoms with E-state index in [2.05, 4.69) is 10.2 Å². The first-order valence-corrected chi connectivity index (χ1v) is 8.14. The van der Waals surface area contributed by atoms with E-state index >= 15 is 0 Å². The van der Waals surface area contributed by atoms with Gasteiger partial charge in [0.2, 0.25) is 0 Å². The molecular formula is C17H26N2O3. The second kappa shape index (κ2) is 6.75. The number of aromatic hydroxyl groups is 1. The maximum Gasteiger partial charge on any atom is 0.131 e. The highest BCUT2D eigenvalue weighted by Gasteiger charge is 2.37. The van der Waals surface area contributed by atoms with Crippen molar-refractivity contribution in [3.05, 3.63) is 17.7 Å². The third-order valence-electron chi connectivity index (χ3n) is 4.97. The fraction of sp³-hybridized carbons (Fsp3) is 0.647. The van der Waals surface area contributed by atoms with Crippen LogP contribution in [0.3, 0.4) is 0 Å². The molecule has 22 heavy (non-hydrogen) atoms. The van der Waals surface area contributed by atoms with Crippen LogP contribution in [0.15, 0.2) is 12.1 Å². The molecule has 1 aliphatic carbocycles. The molecule has 0 bridgehead atoms. The summed E-state index contributed by atoms with van der Waals surface area (Å²) in [6.07, 6.45) is 3.81. The van der Waals surface area contributed by atoms with Gasteiger partial charge in [0, 0.05) is 44.4 Å². The van der Waals surface area contributed by atoms with E-state index in [1.165, 1.54) is 19.3 Å². The second-order valence-corrected chi connectivity index (χ2v) is 6.19. The van der Waals surface area contributed by atoms with Crippen LogP contribution in [0.25, 0.3) is 0 Å². The molecule has 1 aromatic carbocycles. The average molecular weight is 306 g/mol. The van der Waals surface area contributed by atoms with Crippen LogP contribution in [0.1, 0.15) is 30.9 Å². The molecule has 1 aromatic rings. The lowest BCUT2D eigenvalue weighted by atomic mass is 9.75. The van der Waals surface area contributed by atoms with Gasteiger partial charge in [0.15, 0.2) is 0 Å². The predicted octanol–water partition coefficient (Wildman–Crippen LogP) is 2.16. The number of methoxy groups -OCH3 is 2. The summed E-state index contributed by atoms with van der Waals surface area (Å²) < 4.78 is 11.2.